The van der Waals surface area contributed by atoms with Gasteiger partial charge in [0.2, 0.25) is 5.91 Å². The molecule has 2 aliphatic heterocycles. The van der Waals surface area contributed by atoms with Crippen molar-refractivity contribution in [3.8, 4) is 5.75 Å². The number of hydrogen-bond donors (Lipinski definition) is 0. The second-order valence-corrected chi connectivity index (χ2v) is 7.36. The molecule has 1 atom stereocenters. The molecule has 3 amide bonds. The van der Waals surface area contributed by atoms with Crippen molar-refractivity contribution < 1.29 is 28.2 Å². The zero-order chi connectivity index (χ0) is 20.4. The van der Waals surface area contributed by atoms with Gasteiger partial charge in [0.25, 0.3) is 11.1 Å². The number of thioether (sulfide) groups is 1. The Hall–Kier alpha value is -2.91. The van der Waals surface area contributed by atoms with Crippen LogP contribution in [0.1, 0.15) is 22.1 Å². The van der Waals surface area contributed by atoms with Crippen LogP contribution in [0.25, 0.3) is 0 Å². The van der Waals surface area contributed by atoms with Crippen molar-refractivity contribution >= 4 is 28.8 Å². The standard InChI is InChI=1S/C20H17FN2O5S/c21-14-6-7-16-15(10-14)18(25)22(12-28-16)8-9-27-19(13-4-2-1-3-5-13)23-17(24)11-29-20(23)26/h1-7,10,19H,8-9,11-12H2. The second kappa shape index (κ2) is 8.22. The average molecular weight is 416 g/mol. The fourth-order valence-electron chi connectivity index (χ4n) is 3.14. The number of amides is 3. The number of carbonyl (C=O) groups excluding carboxylic acids is 3. The summed E-state index contributed by atoms with van der Waals surface area (Å²) in [7, 11) is 0. The summed E-state index contributed by atoms with van der Waals surface area (Å²) in [4.78, 5) is 39.4. The van der Waals surface area contributed by atoms with Crippen molar-refractivity contribution in [3.05, 3.63) is 65.5 Å². The minimum Gasteiger partial charge on any atom is -0.472 e. The Morgan fingerprint density at radius 3 is 2.66 bits per heavy atom. The van der Waals surface area contributed by atoms with E-state index in [1.807, 2.05) is 6.07 Å². The zero-order valence-corrected chi connectivity index (χ0v) is 16.1. The van der Waals surface area contributed by atoms with Gasteiger partial charge >= 0.3 is 0 Å². The predicted molar refractivity (Wildman–Crippen MR) is 103 cm³/mol. The first-order valence-electron chi connectivity index (χ1n) is 8.91. The molecular formula is C20H17FN2O5S. The van der Waals surface area contributed by atoms with Crippen LogP contribution in [0.2, 0.25) is 0 Å². The molecule has 2 aliphatic rings. The van der Waals surface area contributed by atoms with Gasteiger partial charge in [-0.15, -0.1) is 0 Å². The van der Waals surface area contributed by atoms with E-state index in [1.54, 1.807) is 24.3 Å². The molecule has 0 aliphatic carbocycles. The molecule has 1 fully saturated rings. The van der Waals surface area contributed by atoms with Gasteiger partial charge in [-0.05, 0) is 18.2 Å². The maximum atomic E-state index is 13.5. The Morgan fingerprint density at radius 1 is 1.14 bits per heavy atom. The summed E-state index contributed by atoms with van der Waals surface area (Å²) in [6.45, 7) is 0.219. The summed E-state index contributed by atoms with van der Waals surface area (Å²) in [6, 6.07) is 12.7. The van der Waals surface area contributed by atoms with Crippen LogP contribution in [-0.4, -0.2) is 52.5 Å². The van der Waals surface area contributed by atoms with Gasteiger partial charge in [0, 0.05) is 12.1 Å². The average Bonchev–Trinajstić information content (AvgIpc) is 3.06. The van der Waals surface area contributed by atoms with Crippen LogP contribution in [0.15, 0.2) is 48.5 Å². The van der Waals surface area contributed by atoms with Gasteiger partial charge in [0.1, 0.15) is 11.6 Å². The number of carbonyl (C=O) groups is 3. The van der Waals surface area contributed by atoms with E-state index in [0.717, 1.165) is 22.7 Å². The molecule has 4 rings (SSSR count). The van der Waals surface area contributed by atoms with Crippen LogP contribution in [0.4, 0.5) is 9.18 Å². The molecular weight excluding hydrogens is 399 g/mol. The van der Waals surface area contributed by atoms with E-state index < -0.39 is 12.0 Å². The molecule has 2 aromatic carbocycles. The molecule has 0 saturated carbocycles. The third-order valence-corrected chi connectivity index (χ3v) is 5.41. The van der Waals surface area contributed by atoms with Crippen LogP contribution in [0, 0.1) is 5.82 Å². The minimum atomic E-state index is -0.878. The second-order valence-electron chi connectivity index (χ2n) is 6.43. The first kappa shape index (κ1) is 19.4. The topological polar surface area (TPSA) is 76.2 Å². The summed E-state index contributed by atoms with van der Waals surface area (Å²) in [6.07, 6.45) is -0.878. The summed E-state index contributed by atoms with van der Waals surface area (Å²) in [5.41, 5.74) is 0.808. The number of hydrogen-bond acceptors (Lipinski definition) is 6. The molecule has 7 nitrogen and oxygen atoms in total. The number of rotatable bonds is 6. The maximum Gasteiger partial charge on any atom is 0.291 e. The largest absolute Gasteiger partial charge is 0.472 e. The van der Waals surface area contributed by atoms with Gasteiger partial charge in [-0.1, -0.05) is 42.1 Å². The lowest BCUT2D eigenvalue weighted by Crippen LogP contribution is -2.42. The third-order valence-electron chi connectivity index (χ3n) is 4.58. The molecule has 1 saturated heterocycles. The predicted octanol–water partition coefficient (Wildman–Crippen LogP) is 3.03. The van der Waals surface area contributed by atoms with Gasteiger partial charge in [0.05, 0.1) is 17.9 Å². The monoisotopic (exact) mass is 416 g/mol. The van der Waals surface area contributed by atoms with Crippen molar-refractivity contribution in [2.75, 3.05) is 25.6 Å². The smallest absolute Gasteiger partial charge is 0.291 e. The fourth-order valence-corrected chi connectivity index (χ4v) is 3.86. The van der Waals surface area contributed by atoms with E-state index in [-0.39, 0.29) is 48.3 Å². The van der Waals surface area contributed by atoms with Crippen molar-refractivity contribution in [1.82, 2.24) is 9.80 Å². The van der Waals surface area contributed by atoms with Gasteiger partial charge in [-0.3, -0.25) is 14.4 Å². The van der Waals surface area contributed by atoms with E-state index in [1.165, 1.54) is 17.0 Å². The van der Waals surface area contributed by atoms with Crippen LogP contribution in [0.3, 0.4) is 0 Å². The molecule has 0 spiro atoms. The van der Waals surface area contributed by atoms with E-state index in [2.05, 4.69) is 0 Å². The maximum absolute atomic E-state index is 13.5. The van der Waals surface area contributed by atoms with Crippen LogP contribution < -0.4 is 4.74 Å². The summed E-state index contributed by atoms with van der Waals surface area (Å²) < 4.78 is 24.8. The van der Waals surface area contributed by atoms with E-state index in [4.69, 9.17) is 9.47 Å². The highest BCUT2D eigenvalue weighted by molar-refractivity contribution is 8.14. The van der Waals surface area contributed by atoms with Crippen molar-refractivity contribution in [2.45, 2.75) is 6.23 Å². The normalized spacial score (nSPS) is 17.3. The molecule has 0 radical (unpaired) electrons. The van der Waals surface area contributed by atoms with E-state index in [9.17, 15) is 18.8 Å². The minimum absolute atomic E-state index is 0.00819. The van der Waals surface area contributed by atoms with Crippen LogP contribution >= 0.6 is 11.8 Å². The van der Waals surface area contributed by atoms with Gasteiger partial charge < -0.3 is 14.4 Å². The van der Waals surface area contributed by atoms with Crippen molar-refractivity contribution in [3.63, 3.8) is 0 Å². The molecule has 0 aromatic heterocycles. The molecule has 0 bridgehead atoms. The van der Waals surface area contributed by atoms with Crippen molar-refractivity contribution in [1.29, 1.82) is 0 Å². The molecule has 2 heterocycles. The first-order chi connectivity index (χ1) is 14.0. The van der Waals surface area contributed by atoms with E-state index >= 15 is 0 Å². The zero-order valence-electron chi connectivity index (χ0n) is 15.2. The molecule has 29 heavy (non-hydrogen) atoms. The number of fused-ring (bicyclic) bond motifs is 1. The lowest BCUT2D eigenvalue weighted by molar-refractivity contribution is -0.136. The fraction of sp³-hybridized carbons (Fsp3) is 0.250. The van der Waals surface area contributed by atoms with Gasteiger partial charge in [0.15, 0.2) is 13.0 Å². The first-order valence-corrected chi connectivity index (χ1v) is 9.90. The molecule has 2 aromatic rings. The van der Waals surface area contributed by atoms with Gasteiger partial charge in [-0.25, -0.2) is 9.29 Å². The highest BCUT2D eigenvalue weighted by Crippen LogP contribution is 2.31. The molecule has 0 N–H and O–H groups in total. The Bertz CT molecular complexity index is 939. The SMILES string of the molecule is O=C1c2cc(F)ccc2OCN1CCOC(c1ccccc1)N1C(=O)CSC1=O. The summed E-state index contributed by atoms with van der Waals surface area (Å²) in [5, 5.41) is -0.370. The Labute approximate surface area is 170 Å². The highest BCUT2D eigenvalue weighted by atomic mass is 32.2. The molecule has 1 unspecified atom stereocenters. The number of benzene rings is 2. The number of imide groups is 1. The molecule has 9 heteroatoms. The summed E-state index contributed by atoms with van der Waals surface area (Å²) >= 11 is 0.929. The Balaban J connectivity index is 1.45. The number of nitrogens with zero attached hydrogens (tertiary/aromatic N) is 2. The highest BCUT2D eigenvalue weighted by Gasteiger charge is 2.37. The lowest BCUT2D eigenvalue weighted by Gasteiger charge is -2.30. The quantitative estimate of drug-likeness (QED) is 0.721. The van der Waals surface area contributed by atoms with Gasteiger partial charge in [-0.2, -0.15) is 0 Å². The summed E-state index contributed by atoms with van der Waals surface area (Å²) in [5.74, 6) is -0.801. The van der Waals surface area contributed by atoms with Crippen LogP contribution in [0.5, 0.6) is 5.75 Å². The third kappa shape index (κ3) is 3.96. The Kier molecular flexibility index (Phi) is 5.50. The Morgan fingerprint density at radius 2 is 1.93 bits per heavy atom. The number of ether oxygens (including phenoxy) is 2. The lowest BCUT2D eigenvalue weighted by atomic mass is 10.1. The number of halogens is 1. The van der Waals surface area contributed by atoms with Crippen molar-refractivity contribution in [2.24, 2.45) is 0 Å². The molecule has 150 valence electrons. The van der Waals surface area contributed by atoms with Crippen LogP contribution in [-0.2, 0) is 9.53 Å². The van der Waals surface area contributed by atoms with E-state index in [0.29, 0.717) is 11.3 Å².